The lowest BCUT2D eigenvalue weighted by atomic mass is 10.2. The smallest absolute Gasteiger partial charge is 0.376 e. The first-order valence-electron chi connectivity index (χ1n) is 5.67. The zero-order valence-electron chi connectivity index (χ0n) is 9.81. The van der Waals surface area contributed by atoms with Crippen molar-refractivity contribution in [1.82, 2.24) is 20.2 Å². The SMILES string of the molecule is O=C(O)c1nnnn1-c1ccc2c(c1)OCCCO2. The molecule has 1 aliphatic rings. The molecule has 0 saturated heterocycles. The van der Waals surface area contributed by atoms with Gasteiger partial charge in [0, 0.05) is 12.5 Å². The van der Waals surface area contributed by atoms with E-state index >= 15 is 0 Å². The Morgan fingerprint density at radius 2 is 2.05 bits per heavy atom. The normalized spacial score (nSPS) is 13.9. The van der Waals surface area contributed by atoms with Gasteiger partial charge in [0.05, 0.1) is 18.9 Å². The van der Waals surface area contributed by atoms with Crippen LogP contribution in [0.15, 0.2) is 18.2 Å². The highest BCUT2D eigenvalue weighted by Gasteiger charge is 2.18. The van der Waals surface area contributed by atoms with Gasteiger partial charge in [0.25, 0.3) is 5.82 Å². The molecule has 0 atom stereocenters. The second kappa shape index (κ2) is 4.56. The van der Waals surface area contributed by atoms with Gasteiger partial charge in [0.2, 0.25) is 0 Å². The molecule has 0 amide bonds. The zero-order chi connectivity index (χ0) is 13.2. The number of hydrogen-bond donors (Lipinski definition) is 1. The number of aromatic carboxylic acids is 1. The average Bonchev–Trinajstić information content (AvgIpc) is 2.78. The topological polar surface area (TPSA) is 99.4 Å². The van der Waals surface area contributed by atoms with Gasteiger partial charge in [-0.3, -0.25) is 0 Å². The second-order valence-corrected chi connectivity index (χ2v) is 3.90. The third-order valence-corrected chi connectivity index (χ3v) is 2.64. The summed E-state index contributed by atoms with van der Waals surface area (Å²) in [5.74, 6) is -0.264. The van der Waals surface area contributed by atoms with E-state index in [9.17, 15) is 4.79 Å². The highest BCUT2D eigenvalue weighted by Crippen LogP contribution is 2.31. The highest BCUT2D eigenvalue weighted by molar-refractivity contribution is 5.83. The van der Waals surface area contributed by atoms with E-state index < -0.39 is 5.97 Å². The molecule has 0 aliphatic carbocycles. The van der Waals surface area contributed by atoms with Crippen molar-refractivity contribution in [1.29, 1.82) is 0 Å². The number of fused-ring (bicyclic) bond motifs is 1. The van der Waals surface area contributed by atoms with Crippen LogP contribution in [0.1, 0.15) is 17.0 Å². The Labute approximate surface area is 107 Å². The van der Waals surface area contributed by atoms with Crippen LogP contribution in [-0.4, -0.2) is 44.5 Å². The first-order chi connectivity index (χ1) is 9.25. The predicted octanol–water partition coefficient (Wildman–Crippen LogP) is 0.522. The van der Waals surface area contributed by atoms with E-state index in [0.717, 1.165) is 11.1 Å². The summed E-state index contributed by atoms with van der Waals surface area (Å²) in [5.41, 5.74) is 0.506. The molecule has 1 N–H and O–H groups in total. The standard InChI is InChI=1S/C11H10N4O4/c16-11(17)10-12-13-14-15(10)7-2-3-8-9(6-7)19-5-1-4-18-8/h2-3,6H,1,4-5H2,(H,16,17). The molecule has 0 fully saturated rings. The molecule has 0 bridgehead atoms. The molecule has 98 valence electrons. The summed E-state index contributed by atoms with van der Waals surface area (Å²) in [4.78, 5) is 11.0. The molecular weight excluding hydrogens is 252 g/mol. The van der Waals surface area contributed by atoms with E-state index in [-0.39, 0.29) is 5.82 Å². The van der Waals surface area contributed by atoms with Crippen LogP contribution in [0.4, 0.5) is 0 Å². The summed E-state index contributed by atoms with van der Waals surface area (Å²) in [5, 5.41) is 19.5. The minimum atomic E-state index is -1.20. The van der Waals surface area contributed by atoms with E-state index in [1.54, 1.807) is 18.2 Å². The fraction of sp³-hybridized carbons (Fsp3) is 0.273. The van der Waals surface area contributed by atoms with Gasteiger partial charge in [-0.1, -0.05) is 0 Å². The molecule has 3 rings (SSSR count). The van der Waals surface area contributed by atoms with Gasteiger partial charge in [-0.15, -0.1) is 5.10 Å². The molecule has 19 heavy (non-hydrogen) atoms. The van der Waals surface area contributed by atoms with E-state index in [1.807, 2.05) is 0 Å². The number of rotatable bonds is 2. The van der Waals surface area contributed by atoms with Crippen molar-refractivity contribution in [2.24, 2.45) is 0 Å². The number of carboxylic acid groups (broad SMARTS) is 1. The largest absolute Gasteiger partial charge is 0.490 e. The molecule has 2 aromatic rings. The van der Waals surface area contributed by atoms with Gasteiger partial charge in [0.15, 0.2) is 11.5 Å². The molecule has 1 aromatic carbocycles. The molecule has 0 radical (unpaired) electrons. The number of benzene rings is 1. The molecule has 1 aliphatic heterocycles. The van der Waals surface area contributed by atoms with Crippen molar-refractivity contribution in [3.8, 4) is 17.2 Å². The van der Waals surface area contributed by atoms with Crippen molar-refractivity contribution in [3.05, 3.63) is 24.0 Å². The number of carbonyl (C=O) groups is 1. The Bertz CT molecular complexity index is 625. The lowest BCUT2D eigenvalue weighted by Crippen LogP contribution is -2.09. The molecule has 0 saturated carbocycles. The second-order valence-electron chi connectivity index (χ2n) is 3.90. The maximum atomic E-state index is 11.0. The zero-order valence-corrected chi connectivity index (χ0v) is 9.81. The van der Waals surface area contributed by atoms with E-state index in [4.69, 9.17) is 14.6 Å². The Hall–Kier alpha value is -2.64. The van der Waals surface area contributed by atoms with Crippen LogP contribution < -0.4 is 9.47 Å². The minimum absolute atomic E-state index is 0.255. The van der Waals surface area contributed by atoms with E-state index in [0.29, 0.717) is 30.4 Å². The fourth-order valence-corrected chi connectivity index (χ4v) is 1.78. The van der Waals surface area contributed by atoms with Crippen LogP contribution >= 0.6 is 0 Å². The van der Waals surface area contributed by atoms with Crippen LogP contribution in [0.3, 0.4) is 0 Å². The summed E-state index contributed by atoms with van der Waals surface area (Å²) < 4.78 is 12.2. The Morgan fingerprint density at radius 3 is 2.84 bits per heavy atom. The highest BCUT2D eigenvalue weighted by atomic mass is 16.5. The lowest BCUT2D eigenvalue weighted by Gasteiger charge is -2.09. The molecule has 0 unspecified atom stereocenters. The summed E-state index contributed by atoms with van der Waals surface area (Å²) in [6.07, 6.45) is 0.801. The fourth-order valence-electron chi connectivity index (χ4n) is 1.78. The number of tetrazole rings is 1. The summed E-state index contributed by atoms with van der Waals surface area (Å²) >= 11 is 0. The van der Waals surface area contributed by atoms with Crippen molar-refractivity contribution >= 4 is 5.97 Å². The average molecular weight is 262 g/mol. The van der Waals surface area contributed by atoms with Gasteiger partial charge in [0.1, 0.15) is 0 Å². The molecule has 1 aromatic heterocycles. The molecule has 8 nitrogen and oxygen atoms in total. The summed E-state index contributed by atoms with van der Waals surface area (Å²) in [6, 6.07) is 5.04. The number of hydrogen-bond acceptors (Lipinski definition) is 6. The maximum Gasteiger partial charge on any atom is 0.376 e. The molecule has 2 heterocycles. The van der Waals surface area contributed by atoms with Gasteiger partial charge in [-0.25, -0.2) is 4.79 Å². The van der Waals surface area contributed by atoms with Gasteiger partial charge in [-0.2, -0.15) is 4.68 Å². The van der Waals surface area contributed by atoms with Crippen molar-refractivity contribution in [2.45, 2.75) is 6.42 Å². The van der Waals surface area contributed by atoms with Crippen molar-refractivity contribution in [2.75, 3.05) is 13.2 Å². The monoisotopic (exact) mass is 262 g/mol. The first-order valence-corrected chi connectivity index (χ1v) is 5.67. The third-order valence-electron chi connectivity index (χ3n) is 2.64. The maximum absolute atomic E-state index is 11.0. The van der Waals surface area contributed by atoms with E-state index in [2.05, 4.69) is 15.5 Å². The quantitative estimate of drug-likeness (QED) is 0.842. The summed E-state index contributed by atoms with van der Waals surface area (Å²) in [6.45, 7) is 1.15. The van der Waals surface area contributed by atoms with Crippen LogP contribution in [-0.2, 0) is 0 Å². The van der Waals surface area contributed by atoms with Crippen LogP contribution in [0.2, 0.25) is 0 Å². The van der Waals surface area contributed by atoms with Crippen molar-refractivity contribution in [3.63, 3.8) is 0 Å². The third kappa shape index (κ3) is 2.07. The van der Waals surface area contributed by atoms with Gasteiger partial charge >= 0.3 is 5.97 Å². The number of ether oxygens (including phenoxy) is 2. The molecule has 0 spiro atoms. The first kappa shape index (κ1) is 11.5. The van der Waals surface area contributed by atoms with Crippen LogP contribution in [0.5, 0.6) is 11.5 Å². The minimum Gasteiger partial charge on any atom is -0.490 e. The number of carboxylic acids is 1. The lowest BCUT2D eigenvalue weighted by molar-refractivity contribution is 0.0680. The van der Waals surface area contributed by atoms with Gasteiger partial charge in [-0.05, 0) is 22.6 Å². The van der Waals surface area contributed by atoms with Gasteiger partial charge < -0.3 is 14.6 Å². The van der Waals surface area contributed by atoms with E-state index in [1.165, 1.54) is 0 Å². The Balaban J connectivity index is 2.04. The summed E-state index contributed by atoms with van der Waals surface area (Å²) in [7, 11) is 0. The molecular formula is C11H10N4O4. The van der Waals surface area contributed by atoms with Crippen LogP contribution in [0.25, 0.3) is 5.69 Å². The predicted molar refractivity (Wildman–Crippen MR) is 61.7 cm³/mol. The Morgan fingerprint density at radius 1 is 1.26 bits per heavy atom. The Kier molecular flexibility index (Phi) is 2.75. The number of nitrogens with zero attached hydrogens (tertiary/aromatic N) is 4. The van der Waals surface area contributed by atoms with Crippen molar-refractivity contribution < 1.29 is 19.4 Å². The number of aromatic nitrogens is 4. The van der Waals surface area contributed by atoms with Crippen LogP contribution in [0, 0.1) is 0 Å². The molecule has 8 heteroatoms.